The number of nitrogens with zero attached hydrogens (tertiary/aromatic N) is 2. The number of benzene rings is 2. The highest BCUT2D eigenvalue weighted by atomic mass is 19.4. The lowest BCUT2D eigenvalue weighted by Crippen LogP contribution is -2.29. The fraction of sp³-hybridized carbons (Fsp3) is 0.273. The Morgan fingerprint density at radius 3 is 2.41 bits per heavy atom. The molecular weight excluding hydrogens is 381 g/mol. The molecular formula is C22H21F3N2O2. The molecule has 0 N–H and O–H groups in total. The predicted molar refractivity (Wildman–Crippen MR) is 103 cm³/mol. The maximum atomic E-state index is 12.6. The number of carbonyl (C=O) groups is 1. The van der Waals surface area contributed by atoms with Crippen LogP contribution in [0.15, 0.2) is 65.2 Å². The second-order valence-corrected chi connectivity index (χ2v) is 6.83. The van der Waals surface area contributed by atoms with E-state index >= 15 is 0 Å². The lowest BCUT2D eigenvalue weighted by Gasteiger charge is -2.17. The minimum atomic E-state index is -4.37. The Kier molecular flexibility index (Phi) is 6.36. The van der Waals surface area contributed by atoms with Crippen molar-refractivity contribution >= 4 is 5.91 Å². The summed E-state index contributed by atoms with van der Waals surface area (Å²) in [6, 6.07) is 16.3. The van der Waals surface area contributed by atoms with Crippen molar-refractivity contribution in [1.82, 2.24) is 10.1 Å². The van der Waals surface area contributed by atoms with Gasteiger partial charge in [0.25, 0.3) is 0 Å². The second kappa shape index (κ2) is 8.94. The summed E-state index contributed by atoms with van der Waals surface area (Å²) in [5.74, 6) is 0.597. The van der Waals surface area contributed by atoms with Gasteiger partial charge in [-0.1, -0.05) is 47.6 Å². The van der Waals surface area contributed by atoms with E-state index in [0.717, 1.165) is 29.2 Å². The summed E-state index contributed by atoms with van der Waals surface area (Å²) < 4.78 is 43.2. The Bertz CT molecular complexity index is 935. The van der Waals surface area contributed by atoms with Gasteiger partial charge in [0.1, 0.15) is 11.5 Å². The number of alkyl halides is 3. The van der Waals surface area contributed by atoms with Crippen LogP contribution >= 0.6 is 0 Å². The molecule has 3 aromatic rings. The van der Waals surface area contributed by atoms with Crippen LogP contribution in [0.5, 0.6) is 0 Å². The molecule has 2 aromatic carbocycles. The number of hydrogen-bond donors (Lipinski definition) is 0. The van der Waals surface area contributed by atoms with Crippen molar-refractivity contribution in [2.24, 2.45) is 0 Å². The van der Waals surface area contributed by atoms with Crippen molar-refractivity contribution in [1.29, 1.82) is 0 Å². The van der Waals surface area contributed by atoms with E-state index in [0.29, 0.717) is 24.9 Å². The Hall–Kier alpha value is -3.09. The van der Waals surface area contributed by atoms with Gasteiger partial charge < -0.3 is 9.42 Å². The molecule has 0 saturated carbocycles. The minimum absolute atomic E-state index is 0.0646. The van der Waals surface area contributed by atoms with E-state index in [4.69, 9.17) is 4.52 Å². The van der Waals surface area contributed by atoms with Gasteiger partial charge >= 0.3 is 6.18 Å². The van der Waals surface area contributed by atoms with Crippen LogP contribution in [0.4, 0.5) is 13.2 Å². The lowest BCUT2D eigenvalue weighted by molar-refractivity contribution is -0.137. The third-order valence-corrected chi connectivity index (χ3v) is 4.61. The molecule has 0 aliphatic heterocycles. The number of likely N-dealkylation sites (N-methyl/N-ethyl adjacent to an activating group) is 1. The summed E-state index contributed by atoms with van der Waals surface area (Å²) in [5, 5.41) is 4.06. The van der Waals surface area contributed by atoms with Crippen molar-refractivity contribution in [3.8, 4) is 11.3 Å². The van der Waals surface area contributed by atoms with Crippen LogP contribution in [0.2, 0.25) is 0 Å². The highest BCUT2D eigenvalue weighted by Crippen LogP contribution is 2.29. The molecule has 0 radical (unpaired) electrons. The van der Waals surface area contributed by atoms with E-state index in [1.807, 2.05) is 36.4 Å². The van der Waals surface area contributed by atoms with E-state index in [2.05, 4.69) is 5.16 Å². The van der Waals surface area contributed by atoms with Crippen molar-refractivity contribution in [3.63, 3.8) is 0 Å². The molecule has 0 saturated heterocycles. The average Bonchev–Trinajstić information content (AvgIpc) is 3.17. The van der Waals surface area contributed by atoms with E-state index in [1.54, 1.807) is 11.9 Å². The number of carbonyl (C=O) groups excluding carboxylic acids is 1. The zero-order chi connectivity index (χ0) is 20.9. The summed E-state index contributed by atoms with van der Waals surface area (Å²) in [5.41, 5.74) is 1.58. The molecule has 1 aromatic heterocycles. The average molecular weight is 402 g/mol. The highest BCUT2D eigenvalue weighted by Gasteiger charge is 2.30. The molecule has 152 valence electrons. The number of hydrogen-bond acceptors (Lipinski definition) is 3. The van der Waals surface area contributed by atoms with Gasteiger partial charge in [-0.25, -0.2) is 0 Å². The van der Waals surface area contributed by atoms with Crippen LogP contribution in [-0.4, -0.2) is 29.6 Å². The Balaban J connectivity index is 1.46. The van der Waals surface area contributed by atoms with Crippen LogP contribution in [0.3, 0.4) is 0 Å². The molecule has 1 amide bonds. The molecule has 0 fully saturated rings. The summed E-state index contributed by atoms with van der Waals surface area (Å²) >= 11 is 0. The van der Waals surface area contributed by atoms with Crippen LogP contribution in [0.1, 0.15) is 23.3 Å². The number of halogens is 3. The molecule has 0 unspecified atom stereocenters. The first-order valence-corrected chi connectivity index (χ1v) is 9.24. The van der Waals surface area contributed by atoms with Crippen LogP contribution in [0, 0.1) is 0 Å². The summed E-state index contributed by atoms with van der Waals surface area (Å²) in [6.07, 6.45) is -2.98. The van der Waals surface area contributed by atoms with Gasteiger partial charge in [0.05, 0.1) is 12.0 Å². The van der Waals surface area contributed by atoms with Crippen molar-refractivity contribution in [2.45, 2.75) is 25.4 Å². The third kappa shape index (κ3) is 5.70. The molecule has 0 spiro atoms. The SMILES string of the molecule is CN(CCCc1cc(-c2ccccc2)no1)C(=O)Cc1ccc(C(F)(F)F)cc1. The number of aryl methyl sites for hydroxylation is 1. The van der Waals surface area contributed by atoms with Crippen LogP contribution in [0.25, 0.3) is 11.3 Å². The normalized spacial score (nSPS) is 11.4. The highest BCUT2D eigenvalue weighted by molar-refractivity contribution is 5.78. The third-order valence-electron chi connectivity index (χ3n) is 4.61. The van der Waals surface area contributed by atoms with Gasteiger partial charge in [0.2, 0.25) is 5.91 Å². The van der Waals surface area contributed by atoms with E-state index in [9.17, 15) is 18.0 Å². The summed E-state index contributed by atoms with van der Waals surface area (Å²) in [6.45, 7) is 0.515. The predicted octanol–water partition coefficient (Wildman–Crippen LogP) is 4.99. The molecule has 0 atom stereocenters. The lowest BCUT2D eigenvalue weighted by atomic mass is 10.1. The Morgan fingerprint density at radius 1 is 1.07 bits per heavy atom. The molecule has 0 bridgehead atoms. The van der Waals surface area contributed by atoms with Gasteiger partial charge in [0, 0.05) is 31.6 Å². The standard InChI is InChI=1S/C22H21F3N2O2/c1-27(21(28)14-16-9-11-18(12-10-16)22(23,24)25)13-5-8-19-15-20(26-29-19)17-6-3-2-4-7-17/h2-4,6-7,9-12,15H,5,8,13-14H2,1H3. The fourth-order valence-electron chi connectivity index (χ4n) is 2.91. The van der Waals surface area contributed by atoms with Crippen molar-refractivity contribution < 1.29 is 22.5 Å². The molecule has 29 heavy (non-hydrogen) atoms. The minimum Gasteiger partial charge on any atom is -0.361 e. The first-order chi connectivity index (χ1) is 13.8. The molecule has 0 aliphatic rings. The van der Waals surface area contributed by atoms with Crippen molar-refractivity contribution in [3.05, 3.63) is 77.6 Å². The number of aromatic nitrogens is 1. The smallest absolute Gasteiger partial charge is 0.361 e. The first kappa shape index (κ1) is 20.6. The quantitative estimate of drug-likeness (QED) is 0.559. The van der Waals surface area contributed by atoms with Gasteiger partial charge in [-0.2, -0.15) is 13.2 Å². The second-order valence-electron chi connectivity index (χ2n) is 6.83. The Labute approximate surface area is 166 Å². The number of amides is 1. The maximum Gasteiger partial charge on any atom is 0.416 e. The Morgan fingerprint density at radius 2 is 1.76 bits per heavy atom. The van der Waals surface area contributed by atoms with Gasteiger partial charge in [0.15, 0.2) is 0 Å². The first-order valence-electron chi connectivity index (χ1n) is 9.24. The molecule has 1 heterocycles. The largest absolute Gasteiger partial charge is 0.416 e. The van der Waals surface area contributed by atoms with E-state index in [-0.39, 0.29) is 12.3 Å². The summed E-state index contributed by atoms with van der Waals surface area (Å²) in [7, 11) is 1.68. The van der Waals surface area contributed by atoms with Gasteiger partial charge in [-0.3, -0.25) is 4.79 Å². The topological polar surface area (TPSA) is 46.3 Å². The maximum absolute atomic E-state index is 12.6. The number of rotatable bonds is 7. The van der Waals surface area contributed by atoms with Gasteiger partial charge in [-0.15, -0.1) is 0 Å². The molecule has 3 rings (SSSR count). The van der Waals surface area contributed by atoms with Gasteiger partial charge in [-0.05, 0) is 24.1 Å². The van der Waals surface area contributed by atoms with E-state index < -0.39 is 11.7 Å². The van der Waals surface area contributed by atoms with E-state index in [1.165, 1.54) is 12.1 Å². The van der Waals surface area contributed by atoms with Crippen LogP contribution in [-0.2, 0) is 23.8 Å². The molecule has 7 heteroatoms. The monoisotopic (exact) mass is 402 g/mol. The zero-order valence-electron chi connectivity index (χ0n) is 15.9. The fourth-order valence-corrected chi connectivity index (χ4v) is 2.91. The van der Waals surface area contributed by atoms with Crippen LogP contribution < -0.4 is 0 Å². The molecule has 0 aliphatic carbocycles. The zero-order valence-corrected chi connectivity index (χ0v) is 15.9. The molecule has 4 nitrogen and oxygen atoms in total. The summed E-state index contributed by atoms with van der Waals surface area (Å²) in [4.78, 5) is 13.9. The van der Waals surface area contributed by atoms with Crippen molar-refractivity contribution in [2.75, 3.05) is 13.6 Å².